The summed E-state index contributed by atoms with van der Waals surface area (Å²) in [5.41, 5.74) is 1.60. The summed E-state index contributed by atoms with van der Waals surface area (Å²) >= 11 is 0. The fourth-order valence-electron chi connectivity index (χ4n) is 1.46. The normalized spacial score (nSPS) is 10.4. The first-order valence-corrected chi connectivity index (χ1v) is 5.54. The van der Waals surface area contributed by atoms with Gasteiger partial charge in [0.2, 0.25) is 5.91 Å². The number of aromatic carboxylic acids is 1. The summed E-state index contributed by atoms with van der Waals surface area (Å²) in [7, 11) is 0. The third-order valence-electron chi connectivity index (χ3n) is 2.35. The van der Waals surface area contributed by atoms with Gasteiger partial charge in [-0.15, -0.1) is 0 Å². The quantitative estimate of drug-likeness (QED) is 0.843. The number of amides is 1. The van der Waals surface area contributed by atoms with E-state index in [0.29, 0.717) is 12.1 Å². The minimum Gasteiger partial charge on any atom is -0.478 e. The fourth-order valence-corrected chi connectivity index (χ4v) is 1.46. The van der Waals surface area contributed by atoms with Gasteiger partial charge in [0.25, 0.3) is 0 Å². The van der Waals surface area contributed by atoms with E-state index >= 15 is 0 Å². The molecule has 1 aromatic carbocycles. The summed E-state index contributed by atoms with van der Waals surface area (Å²) in [6.07, 6.45) is 0.427. The van der Waals surface area contributed by atoms with Crippen LogP contribution in [0.25, 0.3) is 0 Å². The van der Waals surface area contributed by atoms with Crippen molar-refractivity contribution in [3.05, 3.63) is 29.3 Å². The Morgan fingerprint density at radius 3 is 2.53 bits per heavy atom. The van der Waals surface area contributed by atoms with Crippen molar-refractivity contribution < 1.29 is 14.7 Å². The van der Waals surface area contributed by atoms with Crippen LogP contribution in [0.1, 0.15) is 36.2 Å². The van der Waals surface area contributed by atoms with Gasteiger partial charge in [-0.25, -0.2) is 4.79 Å². The standard InChI is InChI=1S/C13H17NO3/c1-8(2)6-12(15)14-11-7-10(13(16)17)5-4-9(11)3/h4-5,7-8H,6H2,1-3H3,(H,14,15)(H,16,17). The topological polar surface area (TPSA) is 66.4 Å². The Balaban J connectivity index is 2.86. The molecule has 4 heteroatoms. The van der Waals surface area contributed by atoms with E-state index in [0.717, 1.165) is 5.56 Å². The molecule has 92 valence electrons. The van der Waals surface area contributed by atoms with Crippen molar-refractivity contribution in [2.24, 2.45) is 5.92 Å². The highest BCUT2D eigenvalue weighted by Crippen LogP contribution is 2.17. The summed E-state index contributed by atoms with van der Waals surface area (Å²) < 4.78 is 0. The zero-order valence-electron chi connectivity index (χ0n) is 10.3. The smallest absolute Gasteiger partial charge is 0.335 e. The number of hydrogen-bond acceptors (Lipinski definition) is 2. The maximum Gasteiger partial charge on any atom is 0.335 e. The van der Waals surface area contributed by atoms with Gasteiger partial charge in [-0.05, 0) is 30.5 Å². The van der Waals surface area contributed by atoms with Gasteiger partial charge in [-0.2, -0.15) is 0 Å². The molecule has 0 aliphatic heterocycles. The van der Waals surface area contributed by atoms with E-state index in [-0.39, 0.29) is 17.4 Å². The van der Waals surface area contributed by atoms with Gasteiger partial charge in [0.05, 0.1) is 5.56 Å². The molecule has 1 amide bonds. The third kappa shape index (κ3) is 3.90. The summed E-state index contributed by atoms with van der Waals surface area (Å²) in [5, 5.41) is 11.6. The van der Waals surface area contributed by atoms with Crippen LogP contribution in [-0.4, -0.2) is 17.0 Å². The molecule has 0 saturated carbocycles. The molecular formula is C13H17NO3. The van der Waals surface area contributed by atoms with Crippen molar-refractivity contribution in [1.82, 2.24) is 0 Å². The number of hydrogen-bond donors (Lipinski definition) is 2. The highest BCUT2D eigenvalue weighted by molar-refractivity contribution is 5.94. The third-order valence-corrected chi connectivity index (χ3v) is 2.35. The maximum atomic E-state index is 11.6. The number of carbonyl (C=O) groups is 2. The lowest BCUT2D eigenvalue weighted by Crippen LogP contribution is -2.15. The second-order valence-corrected chi connectivity index (χ2v) is 4.48. The van der Waals surface area contributed by atoms with Crippen LogP contribution < -0.4 is 5.32 Å². The Labute approximate surface area is 101 Å². The lowest BCUT2D eigenvalue weighted by atomic mass is 10.1. The maximum absolute atomic E-state index is 11.6. The van der Waals surface area contributed by atoms with Gasteiger partial charge in [-0.1, -0.05) is 19.9 Å². The zero-order valence-corrected chi connectivity index (χ0v) is 10.3. The van der Waals surface area contributed by atoms with Crippen molar-refractivity contribution in [3.63, 3.8) is 0 Å². The SMILES string of the molecule is Cc1ccc(C(=O)O)cc1NC(=O)CC(C)C. The molecule has 1 aromatic rings. The van der Waals surface area contributed by atoms with Crippen LogP contribution in [0.3, 0.4) is 0 Å². The first kappa shape index (κ1) is 13.2. The lowest BCUT2D eigenvalue weighted by molar-refractivity contribution is -0.116. The van der Waals surface area contributed by atoms with Crippen LogP contribution in [0.4, 0.5) is 5.69 Å². The number of benzene rings is 1. The number of carboxylic acids is 1. The monoisotopic (exact) mass is 235 g/mol. The van der Waals surface area contributed by atoms with Gasteiger partial charge in [0.15, 0.2) is 0 Å². The van der Waals surface area contributed by atoms with E-state index in [4.69, 9.17) is 5.11 Å². The molecule has 0 fully saturated rings. The predicted octanol–water partition coefficient (Wildman–Crippen LogP) is 2.68. The molecule has 2 N–H and O–H groups in total. The van der Waals surface area contributed by atoms with Crippen molar-refractivity contribution in [2.45, 2.75) is 27.2 Å². The first-order chi connectivity index (χ1) is 7.90. The van der Waals surface area contributed by atoms with Crippen LogP contribution in [0.15, 0.2) is 18.2 Å². The highest BCUT2D eigenvalue weighted by atomic mass is 16.4. The van der Waals surface area contributed by atoms with Gasteiger partial charge in [-0.3, -0.25) is 4.79 Å². The molecule has 0 atom stereocenters. The van der Waals surface area contributed by atoms with Crippen molar-refractivity contribution in [2.75, 3.05) is 5.32 Å². The van der Waals surface area contributed by atoms with Crippen LogP contribution in [0, 0.1) is 12.8 Å². The molecule has 0 aliphatic rings. The average molecular weight is 235 g/mol. The molecule has 0 spiro atoms. The molecule has 0 radical (unpaired) electrons. The van der Waals surface area contributed by atoms with Gasteiger partial charge >= 0.3 is 5.97 Å². The predicted molar refractivity (Wildman–Crippen MR) is 66.2 cm³/mol. The highest BCUT2D eigenvalue weighted by Gasteiger charge is 2.10. The van der Waals surface area contributed by atoms with E-state index in [1.807, 2.05) is 20.8 Å². The second-order valence-electron chi connectivity index (χ2n) is 4.48. The number of nitrogens with one attached hydrogen (secondary N) is 1. The molecule has 4 nitrogen and oxygen atoms in total. The van der Waals surface area contributed by atoms with Crippen molar-refractivity contribution in [3.8, 4) is 0 Å². The molecule has 1 rings (SSSR count). The summed E-state index contributed by atoms with van der Waals surface area (Å²) in [6, 6.07) is 4.69. The van der Waals surface area contributed by atoms with Crippen LogP contribution >= 0.6 is 0 Å². The summed E-state index contributed by atoms with van der Waals surface area (Å²) in [5.74, 6) is -0.812. The first-order valence-electron chi connectivity index (χ1n) is 5.54. The number of anilines is 1. The molecule has 0 aliphatic carbocycles. The van der Waals surface area contributed by atoms with Gasteiger partial charge in [0.1, 0.15) is 0 Å². The van der Waals surface area contributed by atoms with Crippen LogP contribution in [-0.2, 0) is 4.79 Å². The number of carbonyl (C=O) groups excluding carboxylic acids is 1. The number of carboxylic acid groups (broad SMARTS) is 1. The fraction of sp³-hybridized carbons (Fsp3) is 0.385. The van der Waals surface area contributed by atoms with Crippen molar-refractivity contribution in [1.29, 1.82) is 0 Å². The zero-order chi connectivity index (χ0) is 13.0. The Kier molecular flexibility index (Phi) is 4.26. The van der Waals surface area contributed by atoms with E-state index < -0.39 is 5.97 Å². The van der Waals surface area contributed by atoms with Crippen LogP contribution in [0.2, 0.25) is 0 Å². The van der Waals surface area contributed by atoms with Crippen LogP contribution in [0.5, 0.6) is 0 Å². The van der Waals surface area contributed by atoms with E-state index in [1.54, 1.807) is 6.07 Å². The summed E-state index contributed by atoms with van der Waals surface area (Å²) in [4.78, 5) is 22.4. The largest absolute Gasteiger partial charge is 0.478 e. The minimum atomic E-state index is -0.996. The Morgan fingerprint density at radius 1 is 1.35 bits per heavy atom. The molecule has 17 heavy (non-hydrogen) atoms. The summed E-state index contributed by atoms with van der Waals surface area (Å²) in [6.45, 7) is 5.75. The van der Waals surface area contributed by atoms with Gasteiger partial charge in [0, 0.05) is 12.1 Å². The molecule has 0 bridgehead atoms. The Hall–Kier alpha value is -1.84. The second kappa shape index (κ2) is 5.48. The van der Waals surface area contributed by atoms with Gasteiger partial charge < -0.3 is 10.4 Å². The molecule has 0 saturated heterocycles. The van der Waals surface area contributed by atoms with E-state index in [9.17, 15) is 9.59 Å². The van der Waals surface area contributed by atoms with E-state index in [1.165, 1.54) is 12.1 Å². The number of rotatable bonds is 4. The number of aryl methyl sites for hydroxylation is 1. The average Bonchev–Trinajstić information content (AvgIpc) is 2.19. The Morgan fingerprint density at radius 2 is 2.00 bits per heavy atom. The van der Waals surface area contributed by atoms with Crippen molar-refractivity contribution >= 4 is 17.6 Å². The Bertz CT molecular complexity index is 438. The molecule has 0 aromatic heterocycles. The molecule has 0 heterocycles. The van der Waals surface area contributed by atoms with E-state index in [2.05, 4.69) is 5.32 Å². The molecule has 0 unspecified atom stereocenters. The molecular weight excluding hydrogens is 218 g/mol. The lowest BCUT2D eigenvalue weighted by Gasteiger charge is -2.10. The minimum absolute atomic E-state index is 0.0920.